The minimum atomic E-state index is 0.336. The zero-order valence-corrected chi connectivity index (χ0v) is 10.9. The Morgan fingerprint density at radius 1 is 1.50 bits per heavy atom. The smallest absolute Gasteiger partial charge is 0.139 e. The molecule has 16 heavy (non-hydrogen) atoms. The molecule has 3 rings (SSSR count). The van der Waals surface area contributed by atoms with Crippen LogP contribution in [-0.2, 0) is 4.74 Å². The maximum Gasteiger partial charge on any atom is 0.139 e. The molecule has 1 saturated heterocycles. The van der Waals surface area contributed by atoms with Gasteiger partial charge in [0.2, 0.25) is 0 Å². The molecule has 2 aliphatic rings. The molecule has 1 fully saturated rings. The summed E-state index contributed by atoms with van der Waals surface area (Å²) in [6.07, 6.45) is 6.03. The van der Waals surface area contributed by atoms with Crippen LogP contribution in [0.2, 0.25) is 0 Å². The number of rotatable bonds is 1. The molecular formula is C11H16BrN3O. The van der Waals surface area contributed by atoms with Crippen LogP contribution in [0.5, 0.6) is 0 Å². The monoisotopic (exact) mass is 285 g/mol. The Balaban J connectivity index is 1.87. The van der Waals surface area contributed by atoms with E-state index in [1.807, 2.05) is 6.20 Å². The first-order chi connectivity index (χ1) is 7.75. The topological polar surface area (TPSA) is 39.1 Å². The average Bonchev–Trinajstić information content (AvgIpc) is 2.86. The second-order valence-electron chi connectivity index (χ2n) is 4.63. The van der Waals surface area contributed by atoms with Gasteiger partial charge in [-0.1, -0.05) is 0 Å². The van der Waals surface area contributed by atoms with E-state index in [0.29, 0.717) is 18.2 Å². The quantitative estimate of drug-likeness (QED) is 0.862. The zero-order chi connectivity index (χ0) is 11.1. The summed E-state index contributed by atoms with van der Waals surface area (Å²) in [6, 6.07) is 0.396. The summed E-state index contributed by atoms with van der Waals surface area (Å²) in [7, 11) is 0. The van der Waals surface area contributed by atoms with E-state index in [1.165, 1.54) is 6.42 Å². The molecule has 0 amide bonds. The Bertz CT molecular complexity index is 393. The number of aromatic nitrogens is 2. The first-order valence-electron chi connectivity index (χ1n) is 5.88. The second-order valence-corrected chi connectivity index (χ2v) is 5.49. The lowest BCUT2D eigenvalue weighted by molar-refractivity contribution is 0.0173. The van der Waals surface area contributed by atoms with Crippen LogP contribution >= 0.6 is 15.9 Å². The summed E-state index contributed by atoms with van der Waals surface area (Å²) >= 11 is 3.51. The molecule has 3 atom stereocenters. The van der Waals surface area contributed by atoms with E-state index < -0.39 is 0 Å². The molecule has 3 heterocycles. The fourth-order valence-electron chi connectivity index (χ4n) is 2.68. The highest BCUT2D eigenvalue weighted by Gasteiger charge is 2.34. The maximum atomic E-state index is 5.96. The van der Waals surface area contributed by atoms with Gasteiger partial charge in [-0.2, -0.15) is 5.10 Å². The highest BCUT2D eigenvalue weighted by molar-refractivity contribution is 9.10. The Hall–Kier alpha value is -0.550. The normalized spacial score (nSPS) is 33.5. The third-order valence-electron chi connectivity index (χ3n) is 3.49. The van der Waals surface area contributed by atoms with Crippen LogP contribution in [0.15, 0.2) is 10.7 Å². The third-order valence-corrected chi connectivity index (χ3v) is 4.07. The van der Waals surface area contributed by atoms with E-state index in [2.05, 4.69) is 38.0 Å². The van der Waals surface area contributed by atoms with E-state index in [0.717, 1.165) is 29.7 Å². The van der Waals surface area contributed by atoms with Gasteiger partial charge >= 0.3 is 0 Å². The number of fused-ring (bicyclic) bond motifs is 1. The first-order valence-corrected chi connectivity index (χ1v) is 6.67. The summed E-state index contributed by atoms with van der Waals surface area (Å²) in [5.74, 6) is 1.10. The summed E-state index contributed by atoms with van der Waals surface area (Å²) in [5.41, 5.74) is 0. The molecule has 88 valence electrons. The minimum absolute atomic E-state index is 0.336. The molecular weight excluding hydrogens is 270 g/mol. The van der Waals surface area contributed by atoms with Crippen LogP contribution in [-0.4, -0.2) is 28.5 Å². The molecule has 0 saturated carbocycles. The van der Waals surface area contributed by atoms with Gasteiger partial charge in [-0.15, -0.1) is 0 Å². The van der Waals surface area contributed by atoms with Crippen molar-refractivity contribution in [2.24, 2.45) is 0 Å². The predicted octanol–water partition coefficient (Wildman–Crippen LogP) is 2.57. The van der Waals surface area contributed by atoms with Crippen molar-refractivity contribution in [2.75, 3.05) is 11.9 Å². The number of ether oxygens (including phenoxy) is 1. The van der Waals surface area contributed by atoms with Gasteiger partial charge in [-0.3, -0.25) is 0 Å². The lowest BCUT2D eigenvalue weighted by Gasteiger charge is -2.30. The van der Waals surface area contributed by atoms with Crippen molar-refractivity contribution in [1.82, 2.24) is 9.78 Å². The van der Waals surface area contributed by atoms with E-state index in [-0.39, 0.29) is 0 Å². The summed E-state index contributed by atoms with van der Waals surface area (Å²) < 4.78 is 9.09. The molecule has 0 aliphatic carbocycles. The molecule has 0 bridgehead atoms. The number of nitrogens with zero attached hydrogens (tertiary/aromatic N) is 2. The number of anilines is 1. The Morgan fingerprint density at radius 2 is 2.38 bits per heavy atom. The van der Waals surface area contributed by atoms with E-state index >= 15 is 0 Å². The van der Waals surface area contributed by atoms with Crippen molar-refractivity contribution in [3.05, 3.63) is 10.7 Å². The van der Waals surface area contributed by atoms with E-state index in [1.54, 1.807) is 0 Å². The van der Waals surface area contributed by atoms with Crippen molar-refractivity contribution >= 4 is 21.7 Å². The van der Waals surface area contributed by atoms with Gasteiger partial charge in [-0.05, 0) is 42.1 Å². The largest absolute Gasteiger partial charge is 0.373 e. The molecule has 4 nitrogen and oxygen atoms in total. The standard InChI is InChI=1S/C11H16BrN3O/c1-7-2-3-10(16-7)9-4-5-13-11-8(12)6-14-15(9)11/h6-7,9-10,13H,2-5H2,1H3. The number of halogens is 1. The van der Waals surface area contributed by atoms with Gasteiger partial charge < -0.3 is 10.1 Å². The summed E-state index contributed by atoms with van der Waals surface area (Å²) in [5, 5.41) is 7.81. The molecule has 0 spiro atoms. The maximum absolute atomic E-state index is 5.96. The van der Waals surface area contributed by atoms with Crippen molar-refractivity contribution in [3.8, 4) is 0 Å². The van der Waals surface area contributed by atoms with Crippen LogP contribution < -0.4 is 5.32 Å². The van der Waals surface area contributed by atoms with Crippen LogP contribution in [0, 0.1) is 0 Å². The van der Waals surface area contributed by atoms with E-state index in [4.69, 9.17) is 4.74 Å². The number of hydrogen-bond donors (Lipinski definition) is 1. The van der Waals surface area contributed by atoms with Crippen molar-refractivity contribution in [1.29, 1.82) is 0 Å². The summed E-state index contributed by atoms with van der Waals surface area (Å²) in [6.45, 7) is 3.16. The highest BCUT2D eigenvalue weighted by Crippen LogP contribution is 2.36. The fraction of sp³-hybridized carbons (Fsp3) is 0.727. The van der Waals surface area contributed by atoms with E-state index in [9.17, 15) is 0 Å². The Kier molecular flexibility index (Phi) is 2.67. The molecule has 1 aromatic rings. The van der Waals surface area contributed by atoms with Crippen LogP contribution in [0.25, 0.3) is 0 Å². The lowest BCUT2D eigenvalue weighted by atomic mass is 10.0. The summed E-state index contributed by atoms with van der Waals surface area (Å²) in [4.78, 5) is 0. The van der Waals surface area contributed by atoms with Crippen molar-refractivity contribution in [2.45, 2.75) is 44.4 Å². The third kappa shape index (κ3) is 1.66. The SMILES string of the molecule is CC1CCC(C2CCNc3c(Br)cnn32)O1. The van der Waals surface area contributed by atoms with Crippen molar-refractivity contribution < 1.29 is 4.74 Å². The Labute approximate surface area is 103 Å². The predicted molar refractivity (Wildman–Crippen MR) is 65.6 cm³/mol. The number of hydrogen-bond acceptors (Lipinski definition) is 3. The van der Waals surface area contributed by atoms with Gasteiger partial charge in [-0.25, -0.2) is 4.68 Å². The van der Waals surface area contributed by atoms with Gasteiger partial charge in [0.15, 0.2) is 0 Å². The molecule has 0 radical (unpaired) electrons. The first kappa shape index (κ1) is 10.6. The molecule has 2 aliphatic heterocycles. The average molecular weight is 286 g/mol. The van der Waals surface area contributed by atoms with Gasteiger partial charge in [0, 0.05) is 6.54 Å². The lowest BCUT2D eigenvalue weighted by Crippen LogP contribution is -2.32. The molecule has 1 N–H and O–H groups in total. The van der Waals surface area contributed by atoms with Gasteiger partial charge in [0.25, 0.3) is 0 Å². The molecule has 5 heteroatoms. The zero-order valence-electron chi connectivity index (χ0n) is 9.32. The molecule has 0 aromatic carbocycles. The van der Waals surface area contributed by atoms with Crippen LogP contribution in [0.1, 0.15) is 32.2 Å². The highest BCUT2D eigenvalue weighted by atomic mass is 79.9. The van der Waals surface area contributed by atoms with Crippen LogP contribution in [0.3, 0.4) is 0 Å². The molecule has 1 aromatic heterocycles. The van der Waals surface area contributed by atoms with Crippen molar-refractivity contribution in [3.63, 3.8) is 0 Å². The van der Waals surface area contributed by atoms with Gasteiger partial charge in [0.1, 0.15) is 5.82 Å². The fourth-order valence-corrected chi connectivity index (χ4v) is 3.09. The number of nitrogens with one attached hydrogen (secondary N) is 1. The molecule has 3 unspecified atom stereocenters. The Morgan fingerprint density at radius 3 is 3.12 bits per heavy atom. The van der Waals surface area contributed by atoms with Crippen LogP contribution in [0.4, 0.5) is 5.82 Å². The van der Waals surface area contributed by atoms with Gasteiger partial charge in [0.05, 0.1) is 28.9 Å². The minimum Gasteiger partial charge on any atom is -0.373 e. The second kappa shape index (κ2) is 4.04.